The first-order valence-electron chi connectivity index (χ1n) is 10.3. The molecular formula is C22H15F4N5O3. The molecule has 0 spiro atoms. The standard InChI is InChI=1S/C22H15F4N5O3/c23-15-3-4-16-18-11(8-32-16)9-33-17-6-13(12-2-1-5-27-21(12)34-22(24,25)26)19-30-29-10-31(19)20(17)28-7-14(15)18/h1-6,10-11,28H,7-9H2/t11-/m0/s1. The van der Waals surface area contributed by atoms with Gasteiger partial charge in [-0.15, -0.1) is 23.4 Å². The predicted octanol–water partition coefficient (Wildman–Crippen LogP) is 4.31. The minimum atomic E-state index is -4.93. The van der Waals surface area contributed by atoms with E-state index in [1.807, 2.05) is 0 Å². The molecule has 0 radical (unpaired) electrons. The summed E-state index contributed by atoms with van der Waals surface area (Å²) in [6, 6.07) is 7.44. The Balaban J connectivity index is 1.50. The fraction of sp³-hybridized carbons (Fsp3) is 0.227. The molecule has 0 aliphatic carbocycles. The molecule has 2 aliphatic heterocycles. The molecule has 8 nitrogen and oxygen atoms in total. The van der Waals surface area contributed by atoms with E-state index in [2.05, 4.69) is 25.2 Å². The van der Waals surface area contributed by atoms with Crippen molar-refractivity contribution in [3.8, 4) is 28.5 Å². The van der Waals surface area contributed by atoms with E-state index in [0.29, 0.717) is 29.5 Å². The predicted molar refractivity (Wildman–Crippen MR) is 110 cm³/mol. The highest BCUT2D eigenvalue weighted by Gasteiger charge is 2.34. The van der Waals surface area contributed by atoms with Crippen molar-refractivity contribution in [2.75, 3.05) is 18.5 Å². The van der Waals surface area contributed by atoms with Crippen molar-refractivity contribution in [2.45, 2.75) is 18.8 Å². The van der Waals surface area contributed by atoms with Crippen molar-refractivity contribution in [1.29, 1.82) is 0 Å². The molecule has 1 N–H and O–H groups in total. The van der Waals surface area contributed by atoms with E-state index in [0.717, 1.165) is 5.56 Å². The molecule has 2 aliphatic rings. The Morgan fingerprint density at radius 3 is 2.74 bits per heavy atom. The van der Waals surface area contributed by atoms with Gasteiger partial charge >= 0.3 is 6.36 Å². The number of anilines is 1. The summed E-state index contributed by atoms with van der Waals surface area (Å²) in [5.41, 5.74) is 1.79. The number of halogens is 4. The lowest BCUT2D eigenvalue weighted by atomic mass is 9.96. The van der Waals surface area contributed by atoms with Gasteiger partial charge in [-0.3, -0.25) is 4.40 Å². The first-order valence-corrected chi connectivity index (χ1v) is 10.3. The highest BCUT2D eigenvalue weighted by Crippen LogP contribution is 2.43. The van der Waals surface area contributed by atoms with Gasteiger partial charge in [0.25, 0.3) is 0 Å². The summed E-state index contributed by atoms with van der Waals surface area (Å²) in [7, 11) is 0. The van der Waals surface area contributed by atoms with Gasteiger partial charge in [0.15, 0.2) is 17.2 Å². The van der Waals surface area contributed by atoms with Gasteiger partial charge in [0.2, 0.25) is 5.88 Å². The molecule has 0 amide bonds. The van der Waals surface area contributed by atoms with Crippen LogP contribution in [-0.4, -0.2) is 39.2 Å². The Bertz CT molecular complexity index is 1420. The topological polar surface area (TPSA) is 82.8 Å². The minimum absolute atomic E-state index is 0.0601. The van der Waals surface area contributed by atoms with Crippen LogP contribution in [0.4, 0.5) is 23.4 Å². The van der Waals surface area contributed by atoms with Crippen LogP contribution < -0.4 is 19.5 Å². The van der Waals surface area contributed by atoms with E-state index in [1.54, 1.807) is 16.5 Å². The molecule has 0 unspecified atom stereocenters. The average molecular weight is 473 g/mol. The first-order chi connectivity index (χ1) is 16.4. The van der Waals surface area contributed by atoms with Crippen molar-refractivity contribution >= 4 is 11.5 Å². The summed E-state index contributed by atoms with van der Waals surface area (Å²) in [6.07, 6.45) is -2.33. The van der Waals surface area contributed by atoms with E-state index in [9.17, 15) is 17.6 Å². The van der Waals surface area contributed by atoms with Crippen LogP contribution in [0, 0.1) is 5.82 Å². The molecule has 1 aromatic carbocycles. The third-order valence-corrected chi connectivity index (χ3v) is 5.79. The molecular weight excluding hydrogens is 458 g/mol. The lowest BCUT2D eigenvalue weighted by molar-refractivity contribution is -0.275. The van der Waals surface area contributed by atoms with Crippen LogP contribution in [0.25, 0.3) is 16.8 Å². The Hall–Kier alpha value is -4.09. The number of nitrogens with zero attached hydrogens (tertiary/aromatic N) is 4. The van der Waals surface area contributed by atoms with Gasteiger partial charge in [0.05, 0.1) is 19.1 Å². The molecule has 0 fully saturated rings. The summed E-state index contributed by atoms with van der Waals surface area (Å²) < 4.78 is 71.1. The number of hydrogen-bond donors (Lipinski definition) is 1. The molecule has 3 aromatic heterocycles. The van der Waals surface area contributed by atoms with Crippen LogP contribution in [-0.2, 0) is 6.54 Å². The second kappa shape index (κ2) is 7.47. The number of rotatable bonds is 2. The van der Waals surface area contributed by atoms with Gasteiger partial charge in [-0.2, -0.15) is 0 Å². The maximum absolute atomic E-state index is 14.7. The van der Waals surface area contributed by atoms with Crippen LogP contribution in [0.1, 0.15) is 17.0 Å². The van der Waals surface area contributed by atoms with Crippen LogP contribution in [0.3, 0.4) is 0 Å². The van der Waals surface area contributed by atoms with E-state index in [4.69, 9.17) is 9.47 Å². The normalized spacial score (nSPS) is 16.9. The second-order valence-corrected chi connectivity index (χ2v) is 7.81. The number of hydrogen-bond acceptors (Lipinski definition) is 7. The monoisotopic (exact) mass is 473 g/mol. The third kappa shape index (κ3) is 3.33. The summed E-state index contributed by atoms with van der Waals surface area (Å²) in [5, 5.41) is 11.2. The molecule has 6 rings (SSSR count). The van der Waals surface area contributed by atoms with Crippen LogP contribution in [0.5, 0.6) is 17.4 Å². The smallest absolute Gasteiger partial charge is 0.493 e. The van der Waals surface area contributed by atoms with Gasteiger partial charge in [-0.05, 0) is 30.3 Å². The number of aromatic nitrogens is 4. The molecule has 4 aromatic rings. The highest BCUT2D eigenvalue weighted by molar-refractivity contribution is 5.84. The Labute approximate surface area is 189 Å². The molecule has 174 valence electrons. The zero-order valence-corrected chi connectivity index (χ0v) is 17.3. The van der Waals surface area contributed by atoms with Gasteiger partial charge in [0.1, 0.15) is 17.9 Å². The minimum Gasteiger partial charge on any atom is -0.493 e. The molecule has 1 atom stereocenters. The molecule has 0 bridgehead atoms. The van der Waals surface area contributed by atoms with Crippen molar-refractivity contribution in [1.82, 2.24) is 19.6 Å². The SMILES string of the molecule is Fc1ccc2c3c1CNc1c(cc(-c4cccnc4OC(F)(F)F)c4nncn14)OC[C@@H]3CO2. The molecule has 0 saturated heterocycles. The van der Waals surface area contributed by atoms with E-state index in [1.165, 1.54) is 30.7 Å². The van der Waals surface area contributed by atoms with Gasteiger partial charge < -0.3 is 19.5 Å². The van der Waals surface area contributed by atoms with Gasteiger partial charge in [-0.1, -0.05) is 0 Å². The van der Waals surface area contributed by atoms with Crippen LogP contribution in [0.15, 0.2) is 42.9 Å². The fourth-order valence-corrected chi connectivity index (χ4v) is 4.37. The maximum Gasteiger partial charge on any atom is 0.574 e. The highest BCUT2D eigenvalue weighted by atomic mass is 19.4. The summed E-state index contributed by atoms with van der Waals surface area (Å²) in [4.78, 5) is 3.75. The van der Waals surface area contributed by atoms with Crippen molar-refractivity contribution in [3.05, 3.63) is 59.8 Å². The summed E-state index contributed by atoms with van der Waals surface area (Å²) in [5.74, 6) is 0.160. The number of nitrogens with one attached hydrogen (secondary N) is 1. The second-order valence-electron chi connectivity index (χ2n) is 7.81. The average Bonchev–Trinajstić information content (AvgIpc) is 3.44. The summed E-state index contributed by atoms with van der Waals surface area (Å²) in [6.45, 7) is 0.631. The van der Waals surface area contributed by atoms with Crippen molar-refractivity contribution in [3.63, 3.8) is 0 Å². The van der Waals surface area contributed by atoms with Gasteiger partial charge in [0, 0.05) is 35.0 Å². The van der Waals surface area contributed by atoms with E-state index in [-0.39, 0.29) is 41.7 Å². The fourth-order valence-electron chi connectivity index (χ4n) is 4.37. The Morgan fingerprint density at radius 2 is 1.91 bits per heavy atom. The first kappa shape index (κ1) is 20.5. The largest absolute Gasteiger partial charge is 0.574 e. The maximum atomic E-state index is 14.7. The number of ether oxygens (including phenoxy) is 3. The van der Waals surface area contributed by atoms with Crippen LogP contribution >= 0.6 is 0 Å². The lowest BCUT2D eigenvalue weighted by Crippen LogP contribution is -2.18. The molecule has 12 heteroatoms. The van der Waals surface area contributed by atoms with Crippen LogP contribution in [0.2, 0.25) is 0 Å². The van der Waals surface area contributed by atoms with E-state index < -0.39 is 12.2 Å². The number of fused-ring (bicyclic) bond motifs is 3. The summed E-state index contributed by atoms with van der Waals surface area (Å²) >= 11 is 0. The molecule has 5 heterocycles. The Kier molecular flexibility index (Phi) is 4.51. The van der Waals surface area contributed by atoms with Crippen molar-refractivity contribution < 1.29 is 31.8 Å². The lowest BCUT2D eigenvalue weighted by Gasteiger charge is -2.18. The number of benzene rings is 1. The van der Waals surface area contributed by atoms with Gasteiger partial charge in [-0.25, -0.2) is 9.37 Å². The van der Waals surface area contributed by atoms with Crippen molar-refractivity contribution in [2.24, 2.45) is 0 Å². The van der Waals surface area contributed by atoms with E-state index >= 15 is 0 Å². The quantitative estimate of drug-likeness (QED) is 0.435. The number of pyridine rings is 2. The number of alkyl halides is 3. The zero-order chi connectivity index (χ0) is 23.4. The molecule has 0 saturated carbocycles. The third-order valence-electron chi connectivity index (χ3n) is 5.79. The zero-order valence-electron chi connectivity index (χ0n) is 17.3. The Morgan fingerprint density at radius 1 is 1.09 bits per heavy atom. The molecule has 34 heavy (non-hydrogen) atoms.